The van der Waals surface area contributed by atoms with Gasteiger partial charge < -0.3 is 5.11 Å². The lowest BCUT2D eigenvalue weighted by Gasteiger charge is -2.33. The number of hydrogen-bond donors (Lipinski definition) is 1. The zero-order chi connectivity index (χ0) is 23.3. The third-order valence-electron chi connectivity index (χ3n) is 7.02. The molecule has 4 aromatic rings. The van der Waals surface area contributed by atoms with Crippen molar-refractivity contribution in [3.05, 3.63) is 57.3 Å². The second-order valence-electron chi connectivity index (χ2n) is 9.48. The minimum atomic E-state index is -0.923. The average Bonchev–Trinajstić information content (AvgIpc) is 3.29. The summed E-state index contributed by atoms with van der Waals surface area (Å²) in [5, 5.41) is 11.2. The van der Waals surface area contributed by atoms with Gasteiger partial charge in [-0.3, -0.25) is 13.9 Å². The number of aromatic nitrogens is 4. The molecule has 0 bridgehead atoms. The summed E-state index contributed by atoms with van der Waals surface area (Å²) in [6.45, 7) is 6.51. The van der Waals surface area contributed by atoms with Gasteiger partial charge >= 0.3 is 11.7 Å². The number of carbonyl (C=O) groups is 1. The van der Waals surface area contributed by atoms with E-state index in [0.717, 1.165) is 46.3 Å². The molecule has 1 N–H and O–H groups in total. The van der Waals surface area contributed by atoms with Gasteiger partial charge in [-0.1, -0.05) is 25.3 Å². The van der Waals surface area contributed by atoms with Crippen LogP contribution in [-0.2, 0) is 17.9 Å². The number of benzene rings is 1. The van der Waals surface area contributed by atoms with E-state index in [-0.39, 0.29) is 12.2 Å². The summed E-state index contributed by atoms with van der Waals surface area (Å²) in [7, 11) is 0. The molecule has 1 saturated carbocycles. The first-order valence-electron chi connectivity index (χ1n) is 11.4. The molecule has 3 aromatic heterocycles. The van der Waals surface area contributed by atoms with E-state index >= 15 is 0 Å². The van der Waals surface area contributed by atoms with Crippen molar-refractivity contribution >= 4 is 38.8 Å². The van der Waals surface area contributed by atoms with Crippen molar-refractivity contribution in [3.8, 4) is 0 Å². The van der Waals surface area contributed by atoms with Crippen LogP contribution in [0.1, 0.15) is 54.6 Å². The van der Waals surface area contributed by atoms with Crippen LogP contribution in [0.3, 0.4) is 0 Å². The number of carboxylic acids is 1. The third kappa shape index (κ3) is 3.66. The second kappa shape index (κ2) is 8.09. The predicted octanol–water partition coefficient (Wildman–Crippen LogP) is 4.82. The average molecular weight is 465 g/mol. The predicted molar refractivity (Wildman–Crippen MR) is 130 cm³/mol. The highest BCUT2D eigenvalue weighted by molar-refractivity contribution is 7.13. The molecule has 1 aliphatic carbocycles. The maximum absolute atomic E-state index is 13.7. The van der Waals surface area contributed by atoms with Crippen molar-refractivity contribution in [2.24, 2.45) is 5.41 Å². The van der Waals surface area contributed by atoms with Crippen LogP contribution in [0.2, 0.25) is 0 Å². The van der Waals surface area contributed by atoms with Crippen LogP contribution < -0.4 is 5.69 Å². The van der Waals surface area contributed by atoms with Crippen LogP contribution in [0.15, 0.2) is 29.1 Å². The molecule has 0 aliphatic heterocycles. The number of carboxylic acid groups (broad SMARTS) is 1. The van der Waals surface area contributed by atoms with Gasteiger partial charge in [0.15, 0.2) is 5.65 Å². The normalized spacial score (nSPS) is 16.0. The molecular formula is C25H28N4O3S. The number of nitrogens with zero attached hydrogens (tertiary/aromatic N) is 4. The lowest BCUT2D eigenvalue weighted by Crippen LogP contribution is -2.40. The van der Waals surface area contributed by atoms with Crippen molar-refractivity contribution in [3.63, 3.8) is 0 Å². The van der Waals surface area contributed by atoms with Crippen LogP contribution in [0, 0.1) is 26.2 Å². The number of aryl methyl sites for hydroxylation is 3. The minimum absolute atomic E-state index is 0.150. The van der Waals surface area contributed by atoms with Crippen molar-refractivity contribution in [1.29, 1.82) is 0 Å². The maximum atomic E-state index is 13.7. The molecule has 7 nitrogen and oxygen atoms in total. The zero-order valence-corrected chi connectivity index (χ0v) is 20.0. The number of rotatable bonds is 5. The van der Waals surface area contributed by atoms with Crippen LogP contribution in [-0.4, -0.2) is 29.6 Å². The molecule has 0 spiro atoms. The molecule has 0 saturated heterocycles. The second-order valence-corrected chi connectivity index (χ2v) is 10.3. The van der Waals surface area contributed by atoms with Gasteiger partial charge in [-0.2, -0.15) is 4.37 Å². The fourth-order valence-corrected chi connectivity index (χ4v) is 6.29. The highest BCUT2D eigenvalue weighted by Gasteiger charge is 2.41. The maximum Gasteiger partial charge on any atom is 0.330 e. The Hall–Kier alpha value is -3.00. The topological polar surface area (TPSA) is 90.0 Å². The van der Waals surface area contributed by atoms with E-state index in [1.807, 2.05) is 19.1 Å². The number of imidazole rings is 1. The molecule has 33 heavy (non-hydrogen) atoms. The Morgan fingerprint density at radius 3 is 2.61 bits per heavy atom. The molecule has 1 aliphatic rings. The molecule has 172 valence electrons. The monoisotopic (exact) mass is 464 g/mol. The highest BCUT2D eigenvalue weighted by atomic mass is 32.1. The Kier molecular flexibility index (Phi) is 5.35. The summed E-state index contributed by atoms with van der Waals surface area (Å²) in [6, 6.07) is 8.07. The first kappa shape index (κ1) is 21.8. The molecular weight excluding hydrogens is 436 g/mol. The van der Waals surface area contributed by atoms with Gasteiger partial charge in [0.2, 0.25) is 0 Å². The number of pyridine rings is 1. The summed E-state index contributed by atoms with van der Waals surface area (Å²) in [4.78, 5) is 30.7. The Morgan fingerprint density at radius 2 is 1.88 bits per heavy atom. The van der Waals surface area contributed by atoms with Gasteiger partial charge in [-0.25, -0.2) is 9.78 Å². The quantitative estimate of drug-likeness (QED) is 0.457. The number of aliphatic carboxylic acids is 1. The van der Waals surface area contributed by atoms with Crippen LogP contribution in [0.25, 0.3) is 21.3 Å². The van der Waals surface area contributed by atoms with E-state index in [1.54, 1.807) is 9.13 Å². The van der Waals surface area contributed by atoms with E-state index in [4.69, 9.17) is 0 Å². The summed E-state index contributed by atoms with van der Waals surface area (Å²) < 4.78 is 9.09. The molecule has 8 heteroatoms. The van der Waals surface area contributed by atoms with Crippen molar-refractivity contribution in [2.45, 2.75) is 66.0 Å². The van der Waals surface area contributed by atoms with Crippen LogP contribution in [0.5, 0.6) is 0 Å². The van der Waals surface area contributed by atoms with Crippen molar-refractivity contribution in [2.75, 3.05) is 0 Å². The van der Waals surface area contributed by atoms with Crippen molar-refractivity contribution < 1.29 is 9.90 Å². The molecule has 0 amide bonds. The number of fused-ring (bicyclic) bond motifs is 2. The Labute approximate surface area is 195 Å². The van der Waals surface area contributed by atoms with Gasteiger partial charge in [-0.05, 0) is 74.5 Å². The highest BCUT2D eigenvalue weighted by Crippen LogP contribution is 2.38. The van der Waals surface area contributed by atoms with E-state index in [9.17, 15) is 14.7 Å². The standard InChI is InChI=1S/C25H28N4O3S/c1-15-11-16(2)21-18(27-33-20(21)12-15)13-28-19-8-7-17(3)26-22(19)29(24(28)32)14-25(23(30)31)9-5-4-6-10-25/h7-8,11-12H,4-6,9-10,13-14H2,1-3H3,(H,30,31). The summed E-state index contributed by atoms with van der Waals surface area (Å²) >= 11 is 1.45. The van der Waals surface area contributed by atoms with E-state index in [2.05, 4.69) is 35.3 Å². The molecule has 5 rings (SSSR count). The lowest BCUT2D eigenvalue weighted by molar-refractivity contribution is -0.152. The Bertz CT molecular complexity index is 1440. The number of hydrogen-bond acceptors (Lipinski definition) is 5. The molecule has 0 atom stereocenters. The first-order chi connectivity index (χ1) is 15.8. The Balaban J connectivity index is 1.65. The van der Waals surface area contributed by atoms with Gasteiger partial charge in [0.1, 0.15) is 0 Å². The van der Waals surface area contributed by atoms with Gasteiger partial charge in [0.05, 0.1) is 27.9 Å². The van der Waals surface area contributed by atoms with Gasteiger partial charge in [-0.15, -0.1) is 0 Å². The molecule has 1 fully saturated rings. The summed E-state index contributed by atoms with van der Waals surface area (Å²) in [5.74, 6) is -0.820. The Morgan fingerprint density at radius 1 is 1.12 bits per heavy atom. The van der Waals surface area contributed by atoms with Crippen LogP contribution >= 0.6 is 11.5 Å². The SMILES string of the molecule is Cc1cc(C)c2c(Cn3c(=O)n(CC4(C(=O)O)CCCCC4)c4nc(C)ccc43)nsc2c1. The first-order valence-corrected chi connectivity index (χ1v) is 12.2. The van der Waals surface area contributed by atoms with E-state index in [1.165, 1.54) is 17.1 Å². The van der Waals surface area contributed by atoms with Gasteiger partial charge in [0, 0.05) is 17.6 Å². The fourth-order valence-electron chi connectivity index (χ4n) is 5.33. The molecule has 0 radical (unpaired) electrons. The van der Waals surface area contributed by atoms with Crippen LogP contribution in [0.4, 0.5) is 0 Å². The fraction of sp³-hybridized carbons (Fsp3) is 0.440. The minimum Gasteiger partial charge on any atom is -0.481 e. The molecule has 1 aromatic carbocycles. The summed E-state index contributed by atoms with van der Waals surface area (Å²) in [6.07, 6.45) is 3.95. The smallest absolute Gasteiger partial charge is 0.330 e. The summed E-state index contributed by atoms with van der Waals surface area (Å²) in [5.41, 5.74) is 4.12. The van der Waals surface area contributed by atoms with Crippen molar-refractivity contribution in [1.82, 2.24) is 18.5 Å². The third-order valence-corrected chi connectivity index (χ3v) is 7.85. The van der Waals surface area contributed by atoms with Gasteiger partial charge in [0.25, 0.3) is 0 Å². The zero-order valence-electron chi connectivity index (χ0n) is 19.2. The molecule has 0 unspecified atom stereocenters. The molecule has 3 heterocycles. The largest absolute Gasteiger partial charge is 0.481 e. The lowest BCUT2D eigenvalue weighted by atomic mass is 9.74. The van der Waals surface area contributed by atoms with E-state index < -0.39 is 11.4 Å². The van der Waals surface area contributed by atoms with E-state index in [0.29, 0.717) is 30.6 Å².